The van der Waals surface area contributed by atoms with Crippen LogP contribution in [0.2, 0.25) is 5.02 Å². The van der Waals surface area contributed by atoms with Gasteiger partial charge in [-0.15, -0.1) is 11.6 Å². The highest BCUT2D eigenvalue weighted by Crippen LogP contribution is 2.23. The molecule has 1 aromatic carbocycles. The van der Waals surface area contributed by atoms with Crippen molar-refractivity contribution in [2.45, 2.75) is 25.6 Å². The van der Waals surface area contributed by atoms with E-state index in [0.717, 1.165) is 5.56 Å². The van der Waals surface area contributed by atoms with Gasteiger partial charge < -0.3 is 0 Å². The molecule has 2 atom stereocenters. The maximum Gasteiger partial charge on any atom is 0.123 e. The Balaban J connectivity index is 2.80. The summed E-state index contributed by atoms with van der Waals surface area (Å²) in [5.41, 5.74) is 0.826. The van der Waals surface area contributed by atoms with Crippen LogP contribution in [0.5, 0.6) is 0 Å². The van der Waals surface area contributed by atoms with Crippen molar-refractivity contribution in [2.75, 3.05) is 0 Å². The molecule has 0 spiro atoms. The van der Waals surface area contributed by atoms with Gasteiger partial charge in [0.15, 0.2) is 0 Å². The van der Waals surface area contributed by atoms with Gasteiger partial charge in [0.2, 0.25) is 0 Å². The number of alkyl halides is 1. The summed E-state index contributed by atoms with van der Waals surface area (Å²) in [6, 6.07) is 4.41. The molecule has 1 aromatic rings. The van der Waals surface area contributed by atoms with Crippen molar-refractivity contribution in [1.29, 1.82) is 0 Å². The topological polar surface area (TPSA) is 0 Å². The van der Waals surface area contributed by atoms with Gasteiger partial charge in [-0.2, -0.15) is 0 Å². The zero-order valence-corrected chi connectivity index (χ0v) is 9.74. The van der Waals surface area contributed by atoms with Gasteiger partial charge >= 0.3 is 0 Å². The van der Waals surface area contributed by atoms with E-state index in [9.17, 15) is 4.39 Å². The molecule has 0 radical (unpaired) electrons. The largest absolute Gasteiger partial charge is 0.207 e. The van der Waals surface area contributed by atoms with Crippen LogP contribution in [0.4, 0.5) is 4.39 Å². The lowest BCUT2D eigenvalue weighted by Gasteiger charge is -2.14. The predicted octanol–water partition coefficient (Wildman–Crippen LogP) is 4.29. The van der Waals surface area contributed by atoms with E-state index in [1.807, 2.05) is 13.8 Å². The summed E-state index contributed by atoms with van der Waals surface area (Å²) in [6.45, 7) is 3.96. The molecule has 0 bridgehead atoms. The lowest BCUT2D eigenvalue weighted by Crippen LogP contribution is -2.10. The molecule has 78 valence electrons. The number of hydrogen-bond acceptors (Lipinski definition) is 0. The summed E-state index contributed by atoms with van der Waals surface area (Å²) in [4.78, 5) is 0. The molecule has 0 saturated carbocycles. The second-order valence-corrected chi connectivity index (χ2v) is 4.69. The van der Waals surface area contributed by atoms with Gasteiger partial charge in [-0.1, -0.05) is 18.5 Å². The van der Waals surface area contributed by atoms with Gasteiger partial charge in [0.25, 0.3) is 0 Å². The molecule has 0 aromatic heterocycles. The molecule has 3 heteroatoms. The summed E-state index contributed by atoms with van der Waals surface area (Å²) in [5, 5.41) is 0.671. The summed E-state index contributed by atoms with van der Waals surface area (Å²) in [7, 11) is 0. The molecule has 2 unspecified atom stereocenters. The fourth-order valence-electron chi connectivity index (χ4n) is 1.21. The molecular weight excluding hydrogens is 222 g/mol. The quantitative estimate of drug-likeness (QED) is 0.685. The zero-order chi connectivity index (χ0) is 10.7. The molecule has 0 N–H and O–H groups in total. The molecule has 0 aliphatic heterocycles. The van der Waals surface area contributed by atoms with E-state index in [4.69, 9.17) is 23.2 Å². The summed E-state index contributed by atoms with van der Waals surface area (Å²) in [5.74, 6) is 0.0368. The molecule has 0 amide bonds. The predicted molar refractivity (Wildman–Crippen MR) is 59.6 cm³/mol. The van der Waals surface area contributed by atoms with E-state index in [2.05, 4.69) is 0 Å². The monoisotopic (exact) mass is 234 g/mol. The van der Waals surface area contributed by atoms with Crippen LogP contribution >= 0.6 is 23.2 Å². The van der Waals surface area contributed by atoms with E-state index < -0.39 is 0 Å². The minimum atomic E-state index is -0.251. The third-order valence-electron chi connectivity index (χ3n) is 2.33. The third kappa shape index (κ3) is 3.14. The summed E-state index contributed by atoms with van der Waals surface area (Å²) >= 11 is 11.9. The maximum atomic E-state index is 12.9. The molecule has 0 heterocycles. The van der Waals surface area contributed by atoms with Gasteiger partial charge in [0.1, 0.15) is 5.82 Å². The van der Waals surface area contributed by atoms with E-state index in [1.165, 1.54) is 12.1 Å². The lowest BCUT2D eigenvalue weighted by atomic mass is 9.98. The van der Waals surface area contributed by atoms with E-state index in [0.29, 0.717) is 11.4 Å². The van der Waals surface area contributed by atoms with Crippen LogP contribution in [0.1, 0.15) is 19.4 Å². The van der Waals surface area contributed by atoms with Crippen LogP contribution in [0.3, 0.4) is 0 Å². The second-order valence-electron chi connectivity index (χ2n) is 3.59. The van der Waals surface area contributed by atoms with Crippen LogP contribution in [0, 0.1) is 11.7 Å². The molecular formula is C11H13Cl2F. The molecule has 14 heavy (non-hydrogen) atoms. The minimum absolute atomic E-state index is 0.0642. The van der Waals surface area contributed by atoms with Gasteiger partial charge in [0, 0.05) is 10.4 Å². The number of hydrogen-bond donors (Lipinski definition) is 0. The van der Waals surface area contributed by atoms with Gasteiger partial charge in [-0.3, -0.25) is 0 Å². The van der Waals surface area contributed by atoms with Crippen molar-refractivity contribution in [2.24, 2.45) is 5.92 Å². The Bertz CT molecular complexity index is 310. The van der Waals surface area contributed by atoms with Crippen LogP contribution in [-0.2, 0) is 6.42 Å². The Morgan fingerprint density at radius 2 is 2.00 bits per heavy atom. The fraction of sp³-hybridized carbons (Fsp3) is 0.455. The van der Waals surface area contributed by atoms with Crippen LogP contribution < -0.4 is 0 Å². The zero-order valence-electron chi connectivity index (χ0n) is 8.23. The summed E-state index contributed by atoms with van der Waals surface area (Å²) < 4.78 is 12.9. The van der Waals surface area contributed by atoms with Crippen molar-refractivity contribution >= 4 is 23.2 Å². The van der Waals surface area contributed by atoms with E-state index in [1.54, 1.807) is 6.07 Å². The molecule has 0 nitrogen and oxygen atoms in total. The molecule has 0 aliphatic rings. The molecule has 1 rings (SSSR count). The van der Waals surface area contributed by atoms with Crippen molar-refractivity contribution < 1.29 is 4.39 Å². The Kier molecular flexibility index (Phi) is 4.21. The first-order valence-electron chi connectivity index (χ1n) is 4.58. The number of rotatable bonds is 3. The second kappa shape index (κ2) is 4.99. The van der Waals surface area contributed by atoms with E-state index >= 15 is 0 Å². The Labute approximate surface area is 94.0 Å². The standard InChI is InChI=1S/C11H13Cl2F/c1-7(8(2)12)5-9-6-10(14)3-4-11(9)13/h3-4,6-8H,5H2,1-2H3. The maximum absolute atomic E-state index is 12.9. The Hall–Kier alpha value is -0.270. The average Bonchev–Trinajstić information content (AvgIpc) is 2.11. The minimum Gasteiger partial charge on any atom is -0.207 e. The Morgan fingerprint density at radius 3 is 2.57 bits per heavy atom. The molecule has 0 aliphatic carbocycles. The highest BCUT2D eigenvalue weighted by molar-refractivity contribution is 6.31. The molecule has 0 saturated heterocycles. The first-order valence-corrected chi connectivity index (χ1v) is 5.40. The highest BCUT2D eigenvalue weighted by atomic mass is 35.5. The fourth-order valence-corrected chi connectivity index (χ4v) is 1.49. The van der Waals surface area contributed by atoms with Crippen LogP contribution in [0.25, 0.3) is 0 Å². The van der Waals surface area contributed by atoms with Crippen molar-refractivity contribution in [3.05, 3.63) is 34.6 Å². The van der Waals surface area contributed by atoms with Crippen LogP contribution in [-0.4, -0.2) is 5.38 Å². The summed E-state index contributed by atoms with van der Waals surface area (Å²) in [6.07, 6.45) is 0.710. The normalized spacial score (nSPS) is 15.2. The average molecular weight is 235 g/mol. The van der Waals surface area contributed by atoms with Gasteiger partial charge in [-0.05, 0) is 43.0 Å². The molecule has 0 fully saturated rings. The van der Waals surface area contributed by atoms with Gasteiger partial charge in [-0.25, -0.2) is 4.39 Å². The third-order valence-corrected chi connectivity index (χ3v) is 3.13. The van der Waals surface area contributed by atoms with Crippen molar-refractivity contribution in [3.63, 3.8) is 0 Å². The first-order chi connectivity index (χ1) is 6.50. The van der Waals surface area contributed by atoms with Crippen LogP contribution in [0.15, 0.2) is 18.2 Å². The highest BCUT2D eigenvalue weighted by Gasteiger charge is 2.12. The number of benzene rings is 1. The van der Waals surface area contributed by atoms with E-state index in [-0.39, 0.29) is 17.1 Å². The SMILES string of the molecule is CC(Cl)C(C)Cc1cc(F)ccc1Cl. The van der Waals surface area contributed by atoms with Gasteiger partial charge in [0.05, 0.1) is 0 Å². The lowest BCUT2D eigenvalue weighted by molar-refractivity contribution is 0.563. The Morgan fingerprint density at radius 1 is 1.36 bits per heavy atom. The first kappa shape index (κ1) is 11.8. The van der Waals surface area contributed by atoms with Crippen molar-refractivity contribution in [3.8, 4) is 0 Å². The number of halogens is 3. The smallest absolute Gasteiger partial charge is 0.123 e. The van der Waals surface area contributed by atoms with Crippen molar-refractivity contribution in [1.82, 2.24) is 0 Å².